The van der Waals surface area contributed by atoms with Gasteiger partial charge in [0.2, 0.25) is 5.91 Å². The minimum atomic E-state index is -1.08. The lowest BCUT2D eigenvalue weighted by Crippen LogP contribution is -2.15. The first-order chi connectivity index (χ1) is 15.4. The van der Waals surface area contributed by atoms with Crippen LogP contribution in [0.5, 0.6) is 0 Å². The van der Waals surface area contributed by atoms with Gasteiger partial charge in [0.1, 0.15) is 11.8 Å². The molecule has 1 fully saturated rings. The maximum Gasteiger partial charge on any atom is 0.231 e. The van der Waals surface area contributed by atoms with E-state index in [1.54, 1.807) is 35.1 Å². The van der Waals surface area contributed by atoms with E-state index < -0.39 is 17.9 Å². The van der Waals surface area contributed by atoms with Crippen LogP contribution in [0.1, 0.15) is 26.7 Å². The molecule has 166 valence electrons. The fourth-order valence-corrected chi connectivity index (χ4v) is 4.04. The molecule has 0 saturated heterocycles. The first-order valence-electron chi connectivity index (χ1n) is 10.4. The molecule has 0 bridgehead atoms. The molecule has 32 heavy (non-hydrogen) atoms. The van der Waals surface area contributed by atoms with Crippen LogP contribution in [0.3, 0.4) is 0 Å². The minimum Gasteiger partial charge on any atom is -0.378 e. The van der Waals surface area contributed by atoms with Crippen LogP contribution in [0, 0.1) is 11.7 Å². The number of aromatic nitrogens is 4. The van der Waals surface area contributed by atoms with Gasteiger partial charge < -0.3 is 15.0 Å². The molecule has 0 radical (unpaired) electrons. The molecule has 10 heteroatoms. The number of nitrogens with zero attached hydrogens (tertiary/aromatic N) is 3. The van der Waals surface area contributed by atoms with Crippen LogP contribution >= 0.6 is 11.6 Å². The molecule has 3 N–H and O–H groups in total. The van der Waals surface area contributed by atoms with E-state index in [1.165, 1.54) is 0 Å². The SMILES string of the molecule is CCC(C)Nc1c(F)c(Cl)c(-c2ccc3nc(NC(=O)C4CC4F)cn3c2)c2cn[nH]c12. The number of fused-ring (bicyclic) bond motifs is 2. The number of anilines is 2. The lowest BCUT2D eigenvalue weighted by molar-refractivity contribution is -0.117. The van der Waals surface area contributed by atoms with Crippen molar-refractivity contribution >= 4 is 45.6 Å². The number of hydrogen-bond acceptors (Lipinski definition) is 4. The zero-order valence-corrected chi connectivity index (χ0v) is 18.2. The van der Waals surface area contributed by atoms with E-state index in [0.717, 1.165) is 6.42 Å². The molecule has 3 heterocycles. The van der Waals surface area contributed by atoms with E-state index in [2.05, 4.69) is 25.8 Å². The van der Waals surface area contributed by atoms with Crippen molar-refractivity contribution in [1.29, 1.82) is 0 Å². The molecule has 4 aromatic rings. The topological polar surface area (TPSA) is 87.1 Å². The van der Waals surface area contributed by atoms with Crippen LogP contribution in [0.25, 0.3) is 27.7 Å². The highest BCUT2D eigenvalue weighted by Crippen LogP contribution is 2.41. The summed E-state index contributed by atoms with van der Waals surface area (Å²) in [6.07, 6.45) is 4.98. The second kappa shape index (κ2) is 7.74. The summed E-state index contributed by atoms with van der Waals surface area (Å²) in [6.45, 7) is 3.97. The minimum absolute atomic E-state index is 0.0135. The van der Waals surface area contributed by atoms with Crippen molar-refractivity contribution in [3.63, 3.8) is 0 Å². The number of alkyl halides is 1. The summed E-state index contributed by atoms with van der Waals surface area (Å²) in [5, 5.41) is 13.4. The number of H-pyrrole nitrogens is 1. The predicted octanol–water partition coefficient (Wildman–Crippen LogP) is 5.18. The van der Waals surface area contributed by atoms with Gasteiger partial charge >= 0.3 is 0 Å². The summed E-state index contributed by atoms with van der Waals surface area (Å²) in [5.74, 6) is -1.21. The summed E-state index contributed by atoms with van der Waals surface area (Å²) in [6, 6.07) is 3.57. The zero-order chi connectivity index (χ0) is 22.6. The number of nitrogens with one attached hydrogen (secondary N) is 3. The number of benzene rings is 1. The summed E-state index contributed by atoms with van der Waals surface area (Å²) in [4.78, 5) is 16.3. The third-order valence-corrected chi connectivity index (χ3v) is 6.19. The van der Waals surface area contributed by atoms with Crippen LogP contribution in [0.2, 0.25) is 5.02 Å². The average Bonchev–Trinajstić information content (AvgIpc) is 3.14. The van der Waals surface area contributed by atoms with Crippen molar-refractivity contribution in [3.8, 4) is 11.1 Å². The second-order valence-electron chi connectivity index (χ2n) is 8.15. The lowest BCUT2D eigenvalue weighted by atomic mass is 10.0. The van der Waals surface area contributed by atoms with Crippen molar-refractivity contribution in [1.82, 2.24) is 19.6 Å². The molecule has 5 rings (SSSR count). The van der Waals surface area contributed by atoms with Gasteiger partial charge in [-0.1, -0.05) is 18.5 Å². The number of rotatable bonds is 6. The van der Waals surface area contributed by atoms with Gasteiger partial charge in [-0.3, -0.25) is 9.89 Å². The van der Waals surface area contributed by atoms with Crippen LogP contribution in [-0.2, 0) is 4.79 Å². The van der Waals surface area contributed by atoms with Crippen LogP contribution < -0.4 is 10.6 Å². The molecule has 1 aliphatic carbocycles. The number of aromatic amines is 1. The Balaban J connectivity index is 1.55. The summed E-state index contributed by atoms with van der Waals surface area (Å²) >= 11 is 6.50. The molecule has 1 aromatic carbocycles. The zero-order valence-electron chi connectivity index (χ0n) is 17.4. The van der Waals surface area contributed by atoms with E-state index in [4.69, 9.17) is 11.6 Å². The van der Waals surface area contributed by atoms with Crippen LogP contribution in [-0.4, -0.2) is 37.7 Å². The second-order valence-corrected chi connectivity index (χ2v) is 8.53. The van der Waals surface area contributed by atoms with Crippen molar-refractivity contribution in [2.24, 2.45) is 5.92 Å². The molecule has 3 atom stereocenters. The Morgan fingerprint density at radius 3 is 2.91 bits per heavy atom. The number of halogens is 3. The van der Waals surface area contributed by atoms with Crippen LogP contribution in [0.4, 0.5) is 20.3 Å². The highest BCUT2D eigenvalue weighted by Gasteiger charge is 2.43. The highest BCUT2D eigenvalue weighted by molar-refractivity contribution is 6.36. The number of hydrogen-bond donors (Lipinski definition) is 3. The van der Waals surface area contributed by atoms with E-state index in [-0.39, 0.29) is 23.4 Å². The Morgan fingerprint density at radius 1 is 1.41 bits per heavy atom. The highest BCUT2D eigenvalue weighted by atomic mass is 35.5. The van der Waals surface area contributed by atoms with Gasteiger partial charge in [-0.15, -0.1) is 0 Å². The number of amides is 1. The molecule has 7 nitrogen and oxygen atoms in total. The summed E-state index contributed by atoms with van der Waals surface area (Å²) < 4.78 is 30.1. The molecule has 3 aromatic heterocycles. The molecule has 1 saturated carbocycles. The van der Waals surface area contributed by atoms with Gasteiger partial charge in [-0.05, 0) is 31.9 Å². The van der Waals surface area contributed by atoms with Crippen molar-refractivity contribution in [2.75, 3.05) is 10.6 Å². The largest absolute Gasteiger partial charge is 0.378 e. The van der Waals surface area contributed by atoms with Gasteiger partial charge in [0.05, 0.1) is 34.5 Å². The van der Waals surface area contributed by atoms with E-state index in [1.807, 2.05) is 13.8 Å². The fraction of sp³-hybridized carbons (Fsp3) is 0.318. The average molecular weight is 459 g/mol. The van der Waals surface area contributed by atoms with E-state index in [0.29, 0.717) is 39.2 Å². The van der Waals surface area contributed by atoms with Gasteiger partial charge in [-0.25, -0.2) is 13.8 Å². The maximum atomic E-state index is 15.3. The van der Waals surface area contributed by atoms with Crippen molar-refractivity contribution in [2.45, 2.75) is 38.9 Å². The molecule has 1 aliphatic rings. The molecular formula is C22H21ClF2N6O. The number of carbonyl (C=O) groups excluding carboxylic acids is 1. The first-order valence-corrected chi connectivity index (χ1v) is 10.8. The monoisotopic (exact) mass is 458 g/mol. The number of carbonyl (C=O) groups is 1. The Kier molecular flexibility index (Phi) is 5.00. The fourth-order valence-electron chi connectivity index (χ4n) is 3.73. The Morgan fingerprint density at radius 2 is 2.19 bits per heavy atom. The van der Waals surface area contributed by atoms with E-state index >= 15 is 4.39 Å². The van der Waals surface area contributed by atoms with E-state index in [9.17, 15) is 9.18 Å². The van der Waals surface area contributed by atoms with Gasteiger partial charge in [-0.2, -0.15) is 5.10 Å². The molecule has 3 unspecified atom stereocenters. The first kappa shape index (κ1) is 20.7. The van der Waals surface area contributed by atoms with Gasteiger partial charge in [0.25, 0.3) is 0 Å². The molecular weight excluding hydrogens is 438 g/mol. The Hall–Kier alpha value is -3.20. The molecule has 1 amide bonds. The van der Waals surface area contributed by atoms with Crippen molar-refractivity contribution in [3.05, 3.63) is 41.6 Å². The maximum absolute atomic E-state index is 15.3. The number of pyridine rings is 1. The molecule has 0 spiro atoms. The standard InChI is InChI=1S/C22H21ClF2N6O/c1-3-10(2)27-21-19(25)18(23)17(13-7-26-30-20(13)21)11-4-5-16-28-15(9-31(16)8-11)29-22(32)12-6-14(12)24/h4-5,7-10,12,14,27H,3,6H2,1-2H3,(H,26,30)(H,29,32). The third kappa shape index (κ3) is 3.46. The smallest absolute Gasteiger partial charge is 0.231 e. The Labute approximate surface area is 187 Å². The normalized spacial score (nSPS) is 18.8. The lowest BCUT2D eigenvalue weighted by Gasteiger charge is -2.17. The quantitative estimate of drug-likeness (QED) is 0.371. The Bertz CT molecular complexity index is 1350. The predicted molar refractivity (Wildman–Crippen MR) is 120 cm³/mol. The molecule has 0 aliphatic heterocycles. The van der Waals surface area contributed by atoms with Gasteiger partial charge in [0, 0.05) is 28.8 Å². The number of imidazole rings is 1. The van der Waals surface area contributed by atoms with Crippen molar-refractivity contribution < 1.29 is 13.6 Å². The van der Waals surface area contributed by atoms with Gasteiger partial charge in [0.15, 0.2) is 11.6 Å². The summed E-state index contributed by atoms with van der Waals surface area (Å²) in [7, 11) is 0. The third-order valence-electron chi connectivity index (χ3n) is 5.83. The summed E-state index contributed by atoms with van der Waals surface area (Å²) in [5.41, 5.74) is 2.56. The van der Waals surface area contributed by atoms with Crippen LogP contribution in [0.15, 0.2) is 30.7 Å².